The van der Waals surface area contributed by atoms with E-state index < -0.39 is 0 Å². The first-order valence-electron chi connectivity index (χ1n) is 5.88. The van der Waals surface area contributed by atoms with E-state index in [-0.39, 0.29) is 17.9 Å². The monoisotopic (exact) mass is 252 g/mol. The maximum atomic E-state index is 12.2. The summed E-state index contributed by atoms with van der Waals surface area (Å²) in [7, 11) is 0. The molecule has 17 heavy (non-hydrogen) atoms. The van der Waals surface area contributed by atoms with Crippen LogP contribution in [0.2, 0.25) is 5.02 Å². The molecule has 4 heteroatoms. The van der Waals surface area contributed by atoms with Gasteiger partial charge in [-0.05, 0) is 31.0 Å². The Morgan fingerprint density at radius 1 is 1.59 bits per heavy atom. The van der Waals surface area contributed by atoms with Gasteiger partial charge in [0.2, 0.25) is 5.91 Å². The summed E-state index contributed by atoms with van der Waals surface area (Å²) in [6.07, 6.45) is 0.897. The fourth-order valence-corrected chi connectivity index (χ4v) is 2.38. The fourth-order valence-electron chi connectivity index (χ4n) is 2.18. The molecule has 0 radical (unpaired) electrons. The van der Waals surface area contributed by atoms with Gasteiger partial charge >= 0.3 is 0 Å². The van der Waals surface area contributed by atoms with Crippen molar-refractivity contribution in [2.24, 2.45) is 5.73 Å². The third kappa shape index (κ3) is 2.79. The van der Waals surface area contributed by atoms with Crippen LogP contribution in [0.4, 0.5) is 0 Å². The Bertz CT molecular complexity index is 422. The molecule has 0 spiro atoms. The third-order valence-corrected chi connectivity index (χ3v) is 3.49. The number of halogens is 1. The van der Waals surface area contributed by atoms with Crippen LogP contribution in [-0.2, 0) is 4.79 Å². The number of nitrogens with zero attached hydrogens (tertiary/aromatic N) is 1. The van der Waals surface area contributed by atoms with Gasteiger partial charge in [0, 0.05) is 24.2 Å². The predicted molar refractivity (Wildman–Crippen MR) is 69.0 cm³/mol. The SMILES string of the molecule is CC(C(=O)N1CC[C@@H](N)C1)c1cccc(Cl)c1. The minimum Gasteiger partial charge on any atom is -0.341 e. The Hall–Kier alpha value is -1.06. The van der Waals surface area contributed by atoms with Gasteiger partial charge in [-0.2, -0.15) is 0 Å². The molecule has 1 aliphatic rings. The highest BCUT2D eigenvalue weighted by atomic mass is 35.5. The van der Waals surface area contributed by atoms with Crippen LogP contribution in [0.15, 0.2) is 24.3 Å². The number of amides is 1. The first kappa shape index (κ1) is 12.4. The van der Waals surface area contributed by atoms with E-state index in [1.54, 1.807) is 0 Å². The molecule has 0 saturated carbocycles. The molecule has 0 aromatic heterocycles. The lowest BCUT2D eigenvalue weighted by Gasteiger charge is -2.21. The van der Waals surface area contributed by atoms with Crippen LogP contribution in [0, 0.1) is 0 Å². The number of carbonyl (C=O) groups is 1. The average Bonchev–Trinajstić information content (AvgIpc) is 2.74. The number of hydrogen-bond donors (Lipinski definition) is 1. The molecule has 1 aliphatic heterocycles. The third-order valence-electron chi connectivity index (χ3n) is 3.26. The zero-order chi connectivity index (χ0) is 12.4. The largest absolute Gasteiger partial charge is 0.341 e. The van der Waals surface area contributed by atoms with Gasteiger partial charge in [-0.1, -0.05) is 23.7 Å². The van der Waals surface area contributed by atoms with Crippen molar-refractivity contribution in [1.82, 2.24) is 4.90 Å². The predicted octanol–water partition coefficient (Wildman–Crippen LogP) is 2.00. The van der Waals surface area contributed by atoms with Gasteiger partial charge in [0.15, 0.2) is 0 Å². The van der Waals surface area contributed by atoms with Gasteiger partial charge in [-0.15, -0.1) is 0 Å². The quantitative estimate of drug-likeness (QED) is 0.875. The summed E-state index contributed by atoms with van der Waals surface area (Å²) in [6.45, 7) is 3.35. The number of nitrogens with two attached hydrogens (primary N) is 1. The number of benzene rings is 1. The lowest BCUT2D eigenvalue weighted by atomic mass is 10.00. The summed E-state index contributed by atoms with van der Waals surface area (Å²) < 4.78 is 0. The van der Waals surface area contributed by atoms with Crippen molar-refractivity contribution in [3.63, 3.8) is 0 Å². The second-order valence-electron chi connectivity index (χ2n) is 4.61. The van der Waals surface area contributed by atoms with Crippen LogP contribution in [0.3, 0.4) is 0 Å². The second kappa shape index (κ2) is 5.07. The fraction of sp³-hybridized carbons (Fsp3) is 0.462. The normalized spacial score (nSPS) is 21.6. The Labute approximate surface area is 107 Å². The van der Waals surface area contributed by atoms with Gasteiger partial charge in [0.05, 0.1) is 5.92 Å². The van der Waals surface area contributed by atoms with Crippen molar-refractivity contribution in [1.29, 1.82) is 0 Å². The van der Waals surface area contributed by atoms with Crippen LogP contribution in [0.1, 0.15) is 24.8 Å². The molecule has 2 N–H and O–H groups in total. The molecule has 1 aromatic carbocycles. The molecule has 92 valence electrons. The van der Waals surface area contributed by atoms with Gasteiger partial charge in [-0.3, -0.25) is 4.79 Å². The van der Waals surface area contributed by atoms with Crippen molar-refractivity contribution >= 4 is 17.5 Å². The summed E-state index contributed by atoms with van der Waals surface area (Å²) >= 11 is 5.93. The van der Waals surface area contributed by atoms with Crippen molar-refractivity contribution in [3.8, 4) is 0 Å². The standard InChI is InChI=1S/C13H17ClN2O/c1-9(10-3-2-4-11(14)7-10)13(17)16-6-5-12(15)8-16/h2-4,7,9,12H,5-6,8,15H2,1H3/t9?,12-/m1/s1. The Balaban J connectivity index is 2.09. The van der Waals surface area contributed by atoms with Crippen molar-refractivity contribution in [3.05, 3.63) is 34.9 Å². The minimum absolute atomic E-state index is 0.130. The minimum atomic E-state index is -0.154. The van der Waals surface area contributed by atoms with Gasteiger partial charge in [0.25, 0.3) is 0 Å². The zero-order valence-electron chi connectivity index (χ0n) is 9.90. The lowest BCUT2D eigenvalue weighted by Crippen LogP contribution is -2.34. The van der Waals surface area contributed by atoms with Crippen molar-refractivity contribution < 1.29 is 4.79 Å². The van der Waals surface area contributed by atoms with E-state index in [0.717, 1.165) is 18.5 Å². The first-order chi connectivity index (χ1) is 8.08. The Morgan fingerprint density at radius 3 is 2.94 bits per heavy atom. The molecule has 1 heterocycles. The van der Waals surface area contributed by atoms with Crippen LogP contribution in [-0.4, -0.2) is 29.9 Å². The molecule has 1 saturated heterocycles. The summed E-state index contributed by atoms with van der Waals surface area (Å²) in [4.78, 5) is 14.1. The molecular formula is C13H17ClN2O. The van der Waals surface area contributed by atoms with E-state index in [1.165, 1.54) is 0 Å². The second-order valence-corrected chi connectivity index (χ2v) is 5.05. The molecule has 1 unspecified atom stereocenters. The maximum Gasteiger partial charge on any atom is 0.229 e. The highest BCUT2D eigenvalue weighted by Crippen LogP contribution is 2.23. The summed E-state index contributed by atoms with van der Waals surface area (Å²) in [5.74, 6) is -0.0146. The molecule has 1 amide bonds. The molecule has 3 nitrogen and oxygen atoms in total. The van der Waals surface area contributed by atoms with Gasteiger partial charge in [0.1, 0.15) is 0 Å². The molecular weight excluding hydrogens is 236 g/mol. The van der Waals surface area contributed by atoms with E-state index in [1.807, 2.05) is 36.1 Å². The number of hydrogen-bond acceptors (Lipinski definition) is 2. The molecule has 0 bridgehead atoms. The average molecular weight is 253 g/mol. The highest BCUT2D eigenvalue weighted by Gasteiger charge is 2.27. The summed E-state index contributed by atoms with van der Waals surface area (Å²) in [5, 5.41) is 0.667. The van der Waals surface area contributed by atoms with Gasteiger partial charge in [-0.25, -0.2) is 0 Å². The van der Waals surface area contributed by atoms with E-state index in [2.05, 4.69) is 0 Å². The molecule has 0 aliphatic carbocycles. The summed E-state index contributed by atoms with van der Waals surface area (Å²) in [6, 6.07) is 7.60. The van der Waals surface area contributed by atoms with Crippen LogP contribution in [0.5, 0.6) is 0 Å². The van der Waals surface area contributed by atoms with Gasteiger partial charge < -0.3 is 10.6 Å². The molecule has 1 aromatic rings. The lowest BCUT2D eigenvalue weighted by molar-refractivity contribution is -0.131. The Morgan fingerprint density at radius 2 is 2.35 bits per heavy atom. The Kier molecular flexibility index (Phi) is 3.69. The topological polar surface area (TPSA) is 46.3 Å². The van der Waals surface area contributed by atoms with Crippen molar-refractivity contribution in [2.45, 2.75) is 25.3 Å². The zero-order valence-corrected chi connectivity index (χ0v) is 10.7. The first-order valence-corrected chi connectivity index (χ1v) is 6.25. The van der Waals surface area contributed by atoms with Crippen LogP contribution < -0.4 is 5.73 Å². The van der Waals surface area contributed by atoms with Crippen molar-refractivity contribution in [2.75, 3.05) is 13.1 Å². The van der Waals surface area contributed by atoms with E-state index in [0.29, 0.717) is 11.6 Å². The highest BCUT2D eigenvalue weighted by molar-refractivity contribution is 6.30. The number of rotatable bonds is 2. The molecule has 1 fully saturated rings. The maximum absolute atomic E-state index is 12.2. The molecule has 2 rings (SSSR count). The summed E-state index contributed by atoms with van der Waals surface area (Å²) in [5.41, 5.74) is 6.77. The molecule has 2 atom stereocenters. The number of likely N-dealkylation sites (tertiary alicyclic amines) is 1. The van der Waals surface area contributed by atoms with Crippen LogP contribution in [0.25, 0.3) is 0 Å². The van der Waals surface area contributed by atoms with E-state index >= 15 is 0 Å². The van der Waals surface area contributed by atoms with Crippen LogP contribution >= 0.6 is 11.6 Å². The van der Waals surface area contributed by atoms with E-state index in [9.17, 15) is 4.79 Å². The smallest absolute Gasteiger partial charge is 0.229 e. The van der Waals surface area contributed by atoms with E-state index in [4.69, 9.17) is 17.3 Å². The number of carbonyl (C=O) groups excluding carboxylic acids is 1.